The van der Waals surface area contributed by atoms with Gasteiger partial charge in [-0.2, -0.15) is 0 Å². The smallest absolute Gasteiger partial charge is 0.335 e. The van der Waals surface area contributed by atoms with Gasteiger partial charge in [-0.1, -0.05) is 5.21 Å². The minimum atomic E-state index is -0.940. The normalized spacial score (nSPS) is 13.1. The molecule has 1 N–H and O–H groups in total. The first kappa shape index (κ1) is 12.5. The number of hydrogen-bond donors (Lipinski definition) is 1. The van der Waals surface area contributed by atoms with Crippen molar-refractivity contribution in [1.82, 2.24) is 19.9 Å². The molecule has 0 bridgehead atoms. The Bertz CT molecular complexity index is 576. The molecule has 1 unspecified atom stereocenters. The molecule has 0 aliphatic rings. The van der Waals surface area contributed by atoms with E-state index in [-0.39, 0.29) is 5.56 Å². The number of carboxylic acids is 1. The maximum absolute atomic E-state index is 10.9. The van der Waals surface area contributed by atoms with Gasteiger partial charge in [0.15, 0.2) is 0 Å². The van der Waals surface area contributed by atoms with E-state index in [2.05, 4.69) is 22.1 Å². The molecule has 1 aromatic carbocycles. The Hall–Kier alpha value is -1.95. The molecule has 1 aromatic heterocycles. The van der Waals surface area contributed by atoms with Crippen LogP contribution in [0.1, 0.15) is 17.3 Å². The second kappa shape index (κ2) is 4.73. The van der Waals surface area contributed by atoms with Crippen LogP contribution in [-0.4, -0.2) is 51.1 Å². The molecule has 0 saturated heterocycles. The van der Waals surface area contributed by atoms with Gasteiger partial charge in [-0.25, -0.2) is 9.48 Å². The second-order valence-corrected chi connectivity index (χ2v) is 4.59. The van der Waals surface area contributed by atoms with E-state index in [0.29, 0.717) is 18.1 Å². The highest BCUT2D eigenvalue weighted by Crippen LogP contribution is 2.14. The minimum absolute atomic E-state index is 0.253. The molecule has 0 fully saturated rings. The maximum atomic E-state index is 10.9. The number of benzene rings is 1. The number of aromatic nitrogens is 3. The van der Waals surface area contributed by atoms with Gasteiger partial charge in [0.25, 0.3) is 0 Å². The third kappa shape index (κ3) is 2.33. The largest absolute Gasteiger partial charge is 0.478 e. The number of likely N-dealkylation sites (N-methyl/N-ethyl adjacent to an activating group) is 1. The summed E-state index contributed by atoms with van der Waals surface area (Å²) in [6.45, 7) is 2.75. The van der Waals surface area contributed by atoms with Gasteiger partial charge in [-0.15, -0.1) is 5.10 Å². The number of rotatable bonds is 4. The number of aromatic carboxylic acids is 1. The summed E-state index contributed by atoms with van der Waals surface area (Å²) in [7, 11) is 3.99. The van der Waals surface area contributed by atoms with E-state index >= 15 is 0 Å². The summed E-state index contributed by atoms with van der Waals surface area (Å²) in [4.78, 5) is 13.0. The molecule has 0 aliphatic carbocycles. The summed E-state index contributed by atoms with van der Waals surface area (Å²) in [5.74, 6) is -0.940. The van der Waals surface area contributed by atoms with Crippen LogP contribution in [-0.2, 0) is 6.54 Å². The second-order valence-electron chi connectivity index (χ2n) is 4.59. The van der Waals surface area contributed by atoms with Gasteiger partial charge in [0, 0.05) is 6.04 Å². The zero-order valence-corrected chi connectivity index (χ0v) is 10.7. The first-order valence-electron chi connectivity index (χ1n) is 5.72. The lowest BCUT2D eigenvalue weighted by Gasteiger charge is -2.19. The van der Waals surface area contributed by atoms with Gasteiger partial charge in [0.1, 0.15) is 5.52 Å². The molecule has 0 radical (unpaired) electrons. The van der Waals surface area contributed by atoms with E-state index < -0.39 is 5.97 Å². The Morgan fingerprint density at radius 3 is 2.83 bits per heavy atom. The molecule has 0 aliphatic heterocycles. The fourth-order valence-corrected chi connectivity index (χ4v) is 1.65. The highest BCUT2D eigenvalue weighted by Gasteiger charge is 2.12. The first-order valence-corrected chi connectivity index (χ1v) is 5.72. The summed E-state index contributed by atoms with van der Waals surface area (Å²) >= 11 is 0. The summed E-state index contributed by atoms with van der Waals surface area (Å²) in [6, 6.07) is 5.13. The number of nitrogens with zero attached hydrogens (tertiary/aromatic N) is 4. The Kier molecular flexibility index (Phi) is 3.29. The molecule has 18 heavy (non-hydrogen) atoms. The van der Waals surface area contributed by atoms with Gasteiger partial charge < -0.3 is 10.0 Å². The number of carboxylic acid groups (broad SMARTS) is 1. The van der Waals surface area contributed by atoms with Crippen molar-refractivity contribution in [2.75, 3.05) is 14.1 Å². The van der Waals surface area contributed by atoms with Crippen LogP contribution in [0.2, 0.25) is 0 Å². The molecule has 1 atom stereocenters. The average molecular weight is 248 g/mol. The van der Waals surface area contributed by atoms with Gasteiger partial charge >= 0.3 is 5.97 Å². The van der Waals surface area contributed by atoms with E-state index in [1.54, 1.807) is 22.9 Å². The topological polar surface area (TPSA) is 71.2 Å². The lowest BCUT2D eigenvalue weighted by atomic mass is 10.2. The van der Waals surface area contributed by atoms with Crippen molar-refractivity contribution in [3.8, 4) is 0 Å². The molecule has 0 spiro atoms. The standard InChI is InChI=1S/C12H16N4O2/c1-8(15(2)3)7-16-11-6-9(12(17)18)4-5-10(11)13-14-16/h4-6,8H,7H2,1-3H3,(H,17,18). The Morgan fingerprint density at radius 1 is 1.50 bits per heavy atom. The van der Waals surface area contributed by atoms with E-state index in [0.717, 1.165) is 5.52 Å². The predicted octanol–water partition coefficient (Wildman–Crippen LogP) is 1.08. The molecular formula is C12H16N4O2. The third-order valence-electron chi connectivity index (χ3n) is 3.08. The van der Waals surface area contributed by atoms with Crippen molar-refractivity contribution in [2.24, 2.45) is 0 Å². The maximum Gasteiger partial charge on any atom is 0.335 e. The Balaban J connectivity index is 2.39. The van der Waals surface area contributed by atoms with Crippen molar-refractivity contribution in [3.63, 3.8) is 0 Å². The van der Waals surface area contributed by atoms with Gasteiger partial charge in [-0.05, 0) is 39.2 Å². The molecular weight excluding hydrogens is 232 g/mol. The first-order chi connectivity index (χ1) is 8.49. The molecule has 2 rings (SSSR count). The molecule has 1 heterocycles. The molecule has 96 valence electrons. The lowest BCUT2D eigenvalue weighted by molar-refractivity contribution is 0.0697. The van der Waals surface area contributed by atoms with Crippen molar-refractivity contribution in [1.29, 1.82) is 0 Å². The number of hydrogen-bond acceptors (Lipinski definition) is 4. The molecule has 6 heteroatoms. The molecule has 6 nitrogen and oxygen atoms in total. The van der Waals surface area contributed by atoms with Crippen LogP contribution in [0.5, 0.6) is 0 Å². The lowest BCUT2D eigenvalue weighted by Crippen LogP contribution is -2.29. The van der Waals surface area contributed by atoms with Crippen LogP contribution in [0.4, 0.5) is 0 Å². The van der Waals surface area contributed by atoms with Crippen LogP contribution in [0.25, 0.3) is 11.0 Å². The van der Waals surface area contributed by atoms with Crippen LogP contribution in [0, 0.1) is 0 Å². The summed E-state index contributed by atoms with van der Waals surface area (Å²) < 4.78 is 1.74. The highest BCUT2D eigenvalue weighted by atomic mass is 16.4. The van der Waals surface area contributed by atoms with Gasteiger partial charge in [0.2, 0.25) is 0 Å². The number of carbonyl (C=O) groups is 1. The fourth-order valence-electron chi connectivity index (χ4n) is 1.65. The zero-order chi connectivity index (χ0) is 13.3. The van der Waals surface area contributed by atoms with Crippen molar-refractivity contribution in [2.45, 2.75) is 19.5 Å². The van der Waals surface area contributed by atoms with Crippen LogP contribution >= 0.6 is 0 Å². The van der Waals surface area contributed by atoms with Crippen molar-refractivity contribution < 1.29 is 9.90 Å². The van der Waals surface area contributed by atoms with E-state index in [1.807, 2.05) is 14.1 Å². The van der Waals surface area contributed by atoms with Crippen LogP contribution < -0.4 is 0 Å². The van der Waals surface area contributed by atoms with E-state index in [9.17, 15) is 4.79 Å². The van der Waals surface area contributed by atoms with Gasteiger partial charge in [-0.3, -0.25) is 0 Å². The van der Waals surface area contributed by atoms with E-state index in [4.69, 9.17) is 5.11 Å². The predicted molar refractivity (Wildman–Crippen MR) is 67.6 cm³/mol. The van der Waals surface area contributed by atoms with Gasteiger partial charge in [0.05, 0.1) is 17.6 Å². The van der Waals surface area contributed by atoms with Crippen LogP contribution in [0.15, 0.2) is 18.2 Å². The summed E-state index contributed by atoms with van der Waals surface area (Å²) in [6.07, 6.45) is 0. The average Bonchev–Trinajstić information content (AvgIpc) is 2.71. The molecule has 0 saturated carbocycles. The Morgan fingerprint density at radius 2 is 2.22 bits per heavy atom. The highest BCUT2D eigenvalue weighted by molar-refractivity contribution is 5.92. The fraction of sp³-hybridized carbons (Fsp3) is 0.417. The summed E-state index contributed by atoms with van der Waals surface area (Å²) in [5, 5.41) is 17.1. The minimum Gasteiger partial charge on any atom is -0.478 e. The summed E-state index contributed by atoms with van der Waals surface area (Å²) in [5.41, 5.74) is 1.72. The quantitative estimate of drug-likeness (QED) is 0.876. The van der Waals surface area contributed by atoms with Crippen molar-refractivity contribution in [3.05, 3.63) is 23.8 Å². The van der Waals surface area contributed by atoms with E-state index in [1.165, 1.54) is 0 Å². The third-order valence-corrected chi connectivity index (χ3v) is 3.08. The van der Waals surface area contributed by atoms with Crippen molar-refractivity contribution >= 4 is 17.0 Å². The number of fused-ring (bicyclic) bond motifs is 1. The zero-order valence-electron chi connectivity index (χ0n) is 10.7. The van der Waals surface area contributed by atoms with Crippen LogP contribution in [0.3, 0.4) is 0 Å². The monoisotopic (exact) mass is 248 g/mol. The molecule has 2 aromatic rings. The SMILES string of the molecule is CC(Cn1nnc2ccc(C(=O)O)cc21)N(C)C. The molecule has 0 amide bonds. The Labute approximate surface area is 105 Å².